The van der Waals surface area contributed by atoms with E-state index >= 15 is 0 Å². The Kier molecular flexibility index (Phi) is 1.80. The Morgan fingerprint density at radius 3 is 3.00 bits per heavy atom. The molecule has 0 radical (unpaired) electrons. The lowest BCUT2D eigenvalue weighted by Gasteiger charge is -2.07. The van der Waals surface area contributed by atoms with Gasteiger partial charge in [0, 0.05) is 0 Å². The van der Waals surface area contributed by atoms with E-state index in [0.29, 0.717) is 0 Å². The summed E-state index contributed by atoms with van der Waals surface area (Å²) in [5.74, 6) is 0.727. The molecular weight excluding hydrogens is 134 g/mol. The Morgan fingerprint density at radius 2 is 2.60 bits per heavy atom. The number of rotatable bonds is 0. The van der Waals surface area contributed by atoms with Gasteiger partial charge in [-0.25, -0.2) is 9.69 Å². The molecular formula is C6H9NO3. The van der Waals surface area contributed by atoms with Crippen LogP contribution in [-0.2, 0) is 9.47 Å². The Hall–Kier alpha value is -1.19. The third-order valence-electron chi connectivity index (χ3n) is 1.18. The van der Waals surface area contributed by atoms with E-state index in [1.807, 2.05) is 0 Å². The minimum absolute atomic E-state index is 0.262. The van der Waals surface area contributed by atoms with Crippen molar-refractivity contribution >= 4 is 6.09 Å². The van der Waals surface area contributed by atoms with Gasteiger partial charge in [-0.1, -0.05) is 0 Å². The van der Waals surface area contributed by atoms with Crippen LogP contribution >= 0.6 is 0 Å². The zero-order chi connectivity index (χ0) is 7.56. The van der Waals surface area contributed by atoms with Crippen molar-refractivity contribution in [1.82, 2.24) is 4.90 Å². The molecule has 0 fully saturated rings. The molecule has 1 aliphatic rings. The molecule has 0 unspecified atom stereocenters. The van der Waals surface area contributed by atoms with Gasteiger partial charge in [0.15, 0.2) is 6.73 Å². The van der Waals surface area contributed by atoms with E-state index in [4.69, 9.17) is 4.74 Å². The molecule has 4 nitrogen and oxygen atoms in total. The Morgan fingerprint density at radius 1 is 1.90 bits per heavy atom. The topological polar surface area (TPSA) is 38.8 Å². The van der Waals surface area contributed by atoms with Gasteiger partial charge in [0.25, 0.3) is 0 Å². The van der Waals surface area contributed by atoms with E-state index in [0.717, 1.165) is 5.76 Å². The Labute approximate surface area is 59.0 Å². The molecule has 0 saturated heterocycles. The summed E-state index contributed by atoms with van der Waals surface area (Å²) < 4.78 is 9.42. The highest BCUT2D eigenvalue weighted by Crippen LogP contribution is 2.09. The quantitative estimate of drug-likeness (QED) is 0.505. The maximum absolute atomic E-state index is 10.7. The number of amides is 1. The largest absolute Gasteiger partial charge is 0.476 e. The van der Waals surface area contributed by atoms with Crippen molar-refractivity contribution in [2.75, 3.05) is 13.8 Å². The molecule has 1 heterocycles. The normalized spacial score (nSPS) is 16.2. The number of carbonyl (C=O) groups excluding carboxylic acids is 1. The van der Waals surface area contributed by atoms with Gasteiger partial charge in [0.2, 0.25) is 0 Å². The molecule has 1 aliphatic heterocycles. The second kappa shape index (κ2) is 2.60. The molecule has 1 rings (SSSR count). The SMILES string of the molecule is COC(=O)N1C=C(C)OC1. The predicted octanol–water partition coefficient (Wildman–Crippen LogP) is 0.904. The summed E-state index contributed by atoms with van der Waals surface area (Å²) in [6.07, 6.45) is 1.21. The van der Waals surface area contributed by atoms with Crippen LogP contribution in [0.1, 0.15) is 6.92 Å². The van der Waals surface area contributed by atoms with E-state index in [1.54, 1.807) is 13.1 Å². The van der Waals surface area contributed by atoms with Gasteiger partial charge in [-0.3, -0.25) is 0 Å². The number of hydrogen-bond donors (Lipinski definition) is 0. The first-order valence-corrected chi connectivity index (χ1v) is 2.90. The summed E-state index contributed by atoms with van der Waals surface area (Å²) in [7, 11) is 1.34. The van der Waals surface area contributed by atoms with Crippen LogP contribution in [0, 0.1) is 0 Å². The number of allylic oxidation sites excluding steroid dienone is 1. The Balaban J connectivity index is 2.52. The number of nitrogens with zero attached hydrogens (tertiary/aromatic N) is 1. The van der Waals surface area contributed by atoms with Gasteiger partial charge in [-0.05, 0) is 6.92 Å². The monoisotopic (exact) mass is 143 g/mol. The van der Waals surface area contributed by atoms with Crippen LogP contribution in [0.25, 0.3) is 0 Å². The highest BCUT2D eigenvalue weighted by Gasteiger charge is 2.16. The van der Waals surface area contributed by atoms with Crippen LogP contribution in [0.5, 0.6) is 0 Å². The zero-order valence-electron chi connectivity index (χ0n) is 5.96. The van der Waals surface area contributed by atoms with Crippen molar-refractivity contribution < 1.29 is 14.3 Å². The molecule has 0 aromatic heterocycles. The fourth-order valence-electron chi connectivity index (χ4n) is 0.688. The van der Waals surface area contributed by atoms with E-state index in [9.17, 15) is 4.79 Å². The fraction of sp³-hybridized carbons (Fsp3) is 0.500. The summed E-state index contributed by atoms with van der Waals surface area (Å²) >= 11 is 0. The lowest BCUT2D eigenvalue weighted by molar-refractivity contribution is 0.107. The highest BCUT2D eigenvalue weighted by atomic mass is 16.6. The fourth-order valence-corrected chi connectivity index (χ4v) is 0.688. The van der Waals surface area contributed by atoms with Crippen LogP contribution < -0.4 is 0 Å². The van der Waals surface area contributed by atoms with Crippen LogP contribution in [-0.4, -0.2) is 24.8 Å². The molecule has 0 aromatic carbocycles. The van der Waals surface area contributed by atoms with E-state index < -0.39 is 6.09 Å². The molecule has 0 saturated carbocycles. The van der Waals surface area contributed by atoms with Crippen LogP contribution in [0.2, 0.25) is 0 Å². The van der Waals surface area contributed by atoms with Gasteiger partial charge in [0.05, 0.1) is 13.3 Å². The van der Waals surface area contributed by atoms with Crippen molar-refractivity contribution in [2.24, 2.45) is 0 Å². The minimum Gasteiger partial charge on any atom is -0.476 e. The van der Waals surface area contributed by atoms with E-state index in [1.165, 1.54) is 12.0 Å². The maximum atomic E-state index is 10.7. The van der Waals surface area contributed by atoms with Gasteiger partial charge in [0.1, 0.15) is 5.76 Å². The second-order valence-corrected chi connectivity index (χ2v) is 1.95. The molecule has 0 aromatic rings. The van der Waals surface area contributed by atoms with Crippen molar-refractivity contribution in [3.8, 4) is 0 Å². The minimum atomic E-state index is -0.392. The summed E-state index contributed by atoms with van der Waals surface area (Å²) in [6.45, 7) is 2.04. The van der Waals surface area contributed by atoms with Crippen LogP contribution in [0.3, 0.4) is 0 Å². The third kappa shape index (κ3) is 1.21. The molecule has 0 N–H and O–H groups in total. The van der Waals surface area contributed by atoms with Crippen LogP contribution in [0.4, 0.5) is 4.79 Å². The first-order chi connectivity index (χ1) is 4.74. The van der Waals surface area contributed by atoms with E-state index in [-0.39, 0.29) is 6.73 Å². The molecule has 10 heavy (non-hydrogen) atoms. The first kappa shape index (κ1) is 6.92. The molecule has 56 valence electrons. The lowest BCUT2D eigenvalue weighted by atomic mass is 10.6. The number of methoxy groups -OCH3 is 1. The number of hydrogen-bond acceptors (Lipinski definition) is 3. The summed E-state index contributed by atoms with van der Waals surface area (Å²) in [6, 6.07) is 0. The van der Waals surface area contributed by atoms with Gasteiger partial charge < -0.3 is 9.47 Å². The van der Waals surface area contributed by atoms with Crippen molar-refractivity contribution in [1.29, 1.82) is 0 Å². The summed E-state index contributed by atoms with van der Waals surface area (Å²) in [5.41, 5.74) is 0. The first-order valence-electron chi connectivity index (χ1n) is 2.90. The van der Waals surface area contributed by atoms with Gasteiger partial charge in [-0.2, -0.15) is 0 Å². The van der Waals surface area contributed by atoms with Crippen molar-refractivity contribution in [3.63, 3.8) is 0 Å². The van der Waals surface area contributed by atoms with Crippen molar-refractivity contribution in [2.45, 2.75) is 6.92 Å². The average Bonchev–Trinajstić information content (AvgIpc) is 2.34. The van der Waals surface area contributed by atoms with Gasteiger partial charge in [-0.15, -0.1) is 0 Å². The maximum Gasteiger partial charge on any atom is 0.416 e. The Bertz CT molecular complexity index is 176. The molecule has 0 spiro atoms. The van der Waals surface area contributed by atoms with E-state index in [2.05, 4.69) is 4.74 Å². The average molecular weight is 143 g/mol. The lowest BCUT2D eigenvalue weighted by Crippen LogP contribution is -2.23. The van der Waals surface area contributed by atoms with Gasteiger partial charge >= 0.3 is 6.09 Å². The summed E-state index contributed by atoms with van der Waals surface area (Å²) in [4.78, 5) is 12.1. The van der Waals surface area contributed by atoms with Crippen LogP contribution in [0.15, 0.2) is 12.0 Å². The number of carbonyl (C=O) groups is 1. The van der Waals surface area contributed by atoms with Crippen molar-refractivity contribution in [3.05, 3.63) is 12.0 Å². The highest BCUT2D eigenvalue weighted by molar-refractivity contribution is 5.68. The third-order valence-corrected chi connectivity index (χ3v) is 1.18. The molecule has 4 heteroatoms. The molecule has 0 bridgehead atoms. The molecule has 0 atom stereocenters. The number of ether oxygens (including phenoxy) is 2. The zero-order valence-corrected chi connectivity index (χ0v) is 5.96. The smallest absolute Gasteiger partial charge is 0.416 e. The second-order valence-electron chi connectivity index (χ2n) is 1.95. The predicted molar refractivity (Wildman–Crippen MR) is 34.0 cm³/mol. The standard InChI is InChI=1S/C6H9NO3/c1-5-3-7(4-10-5)6(8)9-2/h3H,4H2,1-2H3. The molecule has 1 amide bonds. The summed E-state index contributed by atoms with van der Waals surface area (Å²) in [5, 5.41) is 0. The molecule has 0 aliphatic carbocycles.